The van der Waals surface area contributed by atoms with Gasteiger partial charge in [0.15, 0.2) is 0 Å². The maximum absolute atomic E-state index is 12.2. The highest BCUT2D eigenvalue weighted by Crippen LogP contribution is 2.34. The van der Waals surface area contributed by atoms with Crippen LogP contribution in [0.2, 0.25) is 0 Å². The number of benzene rings is 1. The Bertz CT molecular complexity index is 638. The second-order valence-electron chi connectivity index (χ2n) is 3.95. The third-order valence-electron chi connectivity index (χ3n) is 2.11. The molecule has 0 saturated heterocycles. The molecule has 0 fully saturated rings. The van der Waals surface area contributed by atoms with E-state index in [1.54, 1.807) is 0 Å². The van der Waals surface area contributed by atoms with Crippen LogP contribution in [-0.4, -0.2) is 29.2 Å². The Morgan fingerprint density at radius 3 is 1.88 bits per heavy atom. The molecule has 134 valence electrons. The van der Waals surface area contributed by atoms with Crippen LogP contribution < -0.4 is 5.73 Å². The monoisotopic (exact) mass is 361 g/mol. The van der Waals surface area contributed by atoms with Crippen LogP contribution >= 0.6 is 0 Å². The van der Waals surface area contributed by atoms with E-state index in [1.165, 1.54) is 0 Å². The molecule has 0 aliphatic carbocycles. The van der Waals surface area contributed by atoms with E-state index in [2.05, 4.69) is 4.74 Å². The van der Waals surface area contributed by atoms with Crippen LogP contribution in [0.15, 0.2) is 18.2 Å². The number of alkyl halides is 6. The van der Waals surface area contributed by atoms with Crippen molar-refractivity contribution in [2.24, 2.45) is 0 Å². The topological polar surface area (TPSA) is 107 Å². The number of aromatic carboxylic acids is 1. The van der Waals surface area contributed by atoms with Gasteiger partial charge in [-0.2, -0.15) is 26.3 Å². The number of hydrogen-bond donors (Lipinski definition) is 2. The van der Waals surface area contributed by atoms with E-state index in [9.17, 15) is 40.7 Å². The third-order valence-corrected chi connectivity index (χ3v) is 2.11. The second kappa shape index (κ2) is 7.66. The molecule has 3 N–H and O–H groups in total. The lowest BCUT2D eigenvalue weighted by molar-refractivity contribution is -0.201. The molecule has 0 aromatic heterocycles. The van der Waals surface area contributed by atoms with Gasteiger partial charge >= 0.3 is 30.3 Å². The highest BCUT2D eigenvalue weighted by atomic mass is 19.4. The van der Waals surface area contributed by atoms with Crippen LogP contribution in [0.3, 0.4) is 0 Å². The summed E-state index contributed by atoms with van der Waals surface area (Å²) < 4.78 is 73.4. The number of nitrogen functional groups attached to an aromatic ring is 1. The Morgan fingerprint density at radius 1 is 1.08 bits per heavy atom. The minimum atomic E-state index is -5.09. The van der Waals surface area contributed by atoms with Gasteiger partial charge in [-0.15, -0.1) is 0 Å². The average molecular weight is 361 g/mol. The van der Waals surface area contributed by atoms with Gasteiger partial charge in [-0.25, -0.2) is 9.59 Å². The standard InChI is InChI=1S/C8H6F3NO2.C4H3F3O3/c9-8(10,11)5-3-1-2-4(6(5)12)7(13)14;1-2(8)10-3(9)4(5,6)7/h1-3H,12H2,(H,13,14);1H3. The van der Waals surface area contributed by atoms with Crippen molar-refractivity contribution in [1.82, 2.24) is 0 Å². The van der Waals surface area contributed by atoms with E-state index in [0.717, 1.165) is 18.2 Å². The van der Waals surface area contributed by atoms with E-state index >= 15 is 0 Å². The minimum absolute atomic E-state index is 0.542. The van der Waals surface area contributed by atoms with Crippen molar-refractivity contribution in [3.63, 3.8) is 0 Å². The lowest BCUT2D eigenvalue weighted by atomic mass is 10.1. The molecule has 0 aliphatic rings. The van der Waals surface area contributed by atoms with Crippen molar-refractivity contribution in [1.29, 1.82) is 0 Å². The van der Waals surface area contributed by atoms with Crippen molar-refractivity contribution in [2.75, 3.05) is 5.73 Å². The molecule has 0 saturated carbocycles. The van der Waals surface area contributed by atoms with E-state index in [-0.39, 0.29) is 0 Å². The Hall–Kier alpha value is -2.79. The molecule has 0 unspecified atom stereocenters. The second-order valence-corrected chi connectivity index (χ2v) is 3.95. The summed E-state index contributed by atoms with van der Waals surface area (Å²) in [7, 11) is 0. The lowest BCUT2D eigenvalue weighted by Crippen LogP contribution is -2.26. The summed E-state index contributed by atoms with van der Waals surface area (Å²) >= 11 is 0. The first kappa shape index (κ1) is 21.2. The predicted octanol–water partition coefficient (Wildman–Crippen LogP) is 2.62. The Morgan fingerprint density at radius 2 is 1.58 bits per heavy atom. The summed E-state index contributed by atoms with van der Waals surface area (Å²) in [6.07, 6.45) is -9.72. The number of carbonyl (C=O) groups is 3. The van der Waals surface area contributed by atoms with Crippen LogP contribution in [0.25, 0.3) is 0 Å². The van der Waals surface area contributed by atoms with E-state index in [1.807, 2.05) is 0 Å². The Kier molecular flexibility index (Phi) is 6.77. The molecule has 0 bridgehead atoms. The maximum Gasteiger partial charge on any atom is 0.491 e. The summed E-state index contributed by atoms with van der Waals surface area (Å²) in [6.45, 7) is 0.712. The zero-order chi connectivity index (χ0) is 19.3. The van der Waals surface area contributed by atoms with Crippen molar-refractivity contribution >= 4 is 23.6 Å². The summed E-state index contributed by atoms with van der Waals surface area (Å²) in [5.74, 6) is -5.24. The molecule has 1 aromatic carbocycles. The molecular weight excluding hydrogens is 352 g/mol. The van der Waals surface area contributed by atoms with Gasteiger partial charge in [0.2, 0.25) is 0 Å². The van der Waals surface area contributed by atoms with Gasteiger partial charge in [0, 0.05) is 6.92 Å². The van der Waals surface area contributed by atoms with Gasteiger partial charge in [0.1, 0.15) is 0 Å². The first-order valence-electron chi connectivity index (χ1n) is 5.66. The van der Waals surface area contributed by atoms with E-state index in [0.29, 0.717) is 6.92 Å². The quantitative estimate of drug-likeness (QED) is 0.345. The molecule has 0 spiro atoms. The van der Waals surface area contributed by atoms with E-state index in [4.69, 9.17) is 10.8 Å². The molecule has 12 heteroatoms. The fraction of sp³-hybridized carbons (Fsp3) is 0.250. The summed E-state index contributed by atoms with van der Waals surface area (Å²) in [5, 5.41) is 8.51. The number of nitrogens with two attached hydrogens (primary N) is 1. The van der Waals surface area contributed by atoms with Crippen LogP contribution in [0, 0.1) is 0 Å². The number of carboxylic acids is 1. The number of esters is 2. The number of rotatable bonds is 1. The van der Waals surface area contributed by atoms with Crippen molar-refractivity contribution in [3.8, 4) is 0 Å². The summed E-state index contributed by atoms with van der Waals surface area (Å²) in [4.78, 5) is 29.9. The fourth-order valence-electron chi connectivity index (χ4n) is 1.19. The molecule has 0 aliphatic heterocycles. The zero-order valence-corrected chi connectivity index (χ0v) is 11.7. The van der Waals surface area contributed by atoms with Crippen molar-refractivity contribution in [3.05, 3.63) is 29.3 Å². The number of anilines is 1. The van der Waals surface area contributed by atoms with Crippen LogP contribution in [0.4, 0.5) is 32.0 Å². The molecule has 0 radical (unpaired) electrons. The Labute approximate surface area is 129 Å². The largest absolute Gasteiger partial charge is 0.491 e. The minimum Gasteiger partial charge on any atom is -0.478 e. The molecule has 0 atom stereocenters. The first-order valence-corrected chi connectivity index (χ1v) is 5.66. The first-order chi connectivity index (χ1) is 10.7. The zero-order valence-electron chi connectivity index (χ0n) is 11.7. The third kappa shape index (κ3) is 6.54. The highest BCUT2D eigenvalue weighted by molar-refractivity contribution is 5.94. The smallest absolute Gasteiger partial charge is 0.478 e. The van der Waals surface area contributed by atoms with Crippen LogP contribution in [0.1, 0.15) is 22.8 Å². The Balaban J connectivity index is 0.000000470. The normalized spacial score (nSPS) is 11.1. The SMILES string of the molecule is CC(=O)OC(=O)C(F)(F)F.Nc1c(C(=O)O)cccc1C(F)(F)F. The van der Waals surface area contributed by atoms with Crippen LogP contribution in [0.5, 0.6) is 0 Å². The molecule has 0 heterocycles. The number of halogens is 6. The molecular formula is C12H9F6NO5. The van der Waals surface area contributed by atoms with Gasteiger partial charge in [-0.1, -0.05) is 6.07 Å². The molecule has 1 rings (SSSR count). The van der Waals surface area contributed by atoms with Gasteiger partial charge in [-0.3, -0.25) is 4.79 Å². The van der Waals surface area contributed by atoms with Gasteiger partial charge in [-0.05, 0) is 12.1 Å². The maximum atomic E-state index is 12.2. The molecule has 6 nitrogen and oxygen atoms in total. The molecule has 0 amide bonds. The van der Waals surface area contributed by atoms with Crippen molar-refractivity contribution in [2.45, 2.75) is 19.3 Å². The number of ether oxygens (including phenoxy) is 1. The van der Waals surface area contributed by atoms with Gasteiger partial charge in [0.25, 0.3) is 0 Å². The molecule has 24 heavy (non-hydrogen) atoms. The van der Waals surface area contributed by atoms with Gasteiger partial charge < -0.3 is 15.6 Å². The van der Waals surface area contributed by atoms with E-state index < -0.39 is 47.1 Å². The van der Waals surface area contributed by atoms with Crippen molar-refractivity contribution < 1.29 is 50.6 Å². The summed E-state index contributed by atoms with van der Waals surface area (Å²) in [5.41, 5.74) is 2.64. The molecule has 1 aromatic rings. The number of carboxylic acid groups (broad SMARTS) is 1. The van der Waals surface area contributed by atoms with Crippen LogP contribution in [-0.2, 0) is 20.5 Å². The highest BCUT2D eigenvalue weighted by Gasteiger charge is 2.41. The predicted molar refractivity (Wildman–Crippen MR) is 65.6 cm³/mol. The lowest BCUT2D eigenvalue weighted by Gasteiger charge is -2.10. The van der Waals surface area contributed by atoms with Gasteiger partial charge in [0.05, 0.1) is 16.8 Å². The summed E-state index contributed by atoms with van der Waals surface area (Å²) in [6, 6.07) is 2.76. The number of hydrogen-bond acceptors (Lipinski definition) is 5. The fourth-order valence-corrected chi connectivity index (χ4v) is 1.19. The number of para-hydroxylation sites is 1. The number of carbonyl (C=O) groups excluding carboxylic acids is 2. The average Bonchev–Trinajstić information content (AvgIpc) is 2.35.